The maximum Gasteiger partial charge on any atom is 0.326 e. The Morgan fingerprint density at radius 2 is 1.74 bits per heavy atom. The van der Waals surface area contributed by atoms with Gasteiger partial charge in [-0.3, -0.25) is 4.90 Å². The van der Waals surface area contributed by atoms with E-state index >= 15 is 0 Å². The topological polar surface area (TPSA) is 45.2 Å². The van der Waals surface area contributed by atoms with E-state index < -0.39 is 0 Å². The summed E-state index contributed by atoms with van der Waals surface area (Å²) in [5.74, 6) is 0.832. The highest BCUT2D eigenvalue weighted by Crippen LogP contribution is 2.40. The lowest BCUT2D eigenvalue weighted by atomic mass is 10.2. The molecule has 27 heavy (non-hydrogen) atoms. The fourth-order valence-electron chi connectivity index (χ4n) is 2.89. The molecule has 0 spiro atoms. The van der Waals surface area contributed by atoms with E-state index in [1.165, 1.54) is 10.5 Å². The Labute approximate surface area is 171 Å². The Morgan fingerprint density at radius 1 is 1.00 bits per heavy atom. The van der Waals surface area contributed by atoms with Crippen LogP contribution in [0.2, 0.25) is 10.0 Å². The van der Waals surface area contributed by atoms with Crippen LogP contribution in [0.15, 0.2) is 65.7 Å². The van der Waals surface area contributed by atoms with Crippen molar-refractivity contribution < 1.29 is 4.79 Å². The maximum atomic E-state index is 12.5. The number of para-hydroxylation sites is 1. The number of benzene rings is 2. The van der Waals surface area contributed by atoms with E-state index in [1.807, 2.05) is 30.3 Å². The van der Waals surface area contributed by atoms with Gasteiger partial charge in [-0.05, 0) is 29.8 Å². The molecule has 4 nitrogen and oxygen atoms in total. The summed E-state index contributed by atoms with van der Waals surface area (Å²) in [5.41, 5.74) is 3.17. The second-order valence-electron chi connectivity index (χ2n) is 5.95. The molecule has 1 aliphatic rings. The molecule has 2 amide bonds. The Hall–Kier alpha value is -2.21. The van der Waals surface area contributed by atoms with Crippen LogP contribution in [0.1, 0.15) is 11.3 Å². The minimum atomic E-state index is -0.274. The molecule has 0 atom stereocenters. The lowest BCUT2D eigenvalue weighted by Crippen LogP contribution is -2.41. The average Bonchev–Trinajstić information content (AvgIpc) is 2.68. The summed E-state index contributed by atoms with van der Waals surface area (Å²) in [6.07, 6.45) is 0. The molecule has 0 unspecified atom stereocenters. The highest BCUT2D eigenvalue weighted by Gasteiger charge is 2.29. The van der Waals surface area contributed by atoms with Crippen molar-refractivity contribution in [2.45, 2.75) is 17.3 Å². The van der Waals surface area contributed by atoms with Crippen LogP contribution in [0.25, 0.3) is 0 Å². The van der Waals surface area contributed by atoms with Crippen LogP contribution >= 0.6 is 35.0 Å². The molecule has 0 radical (unpaired) electrons. The van der Waals surface area contributed by atoms with E-state index in [-0.39, 0.29) is 6.03 Å². The number of hydrogen-bond acceptors (Lipinski definition) is 3. The average molecular weight is 416 g/mol. The molecule has 0 saturated carbocycles. The number of nitrogens with zero attached hydrogens (tertiary/aromatic N) is 2. The van der Waals surface area contributed by atoms with E-state index in [1.54, 1.807) is 30.0 Å². The number of urea groups is 1. The van der Waals surface area contributed by atoms with Gasteiger partial charge in [0.1, 0.15) is 0 Å². The predicted molar refractivity (Wildman–Crippen MR) is 111 cm³/mol. The van der Waals surface area contributed by atoms with E-state index in [0.717, 1.165) is 16.5 Å². The second-order valence-corrected chi connectivity index (χ2v) is 7.76. The van der Waals surface area contributed by atoms with Crippen molar-refractivity contribution in [3.63, 3.8) is 0 Å². The quantitative estimate of drug-likeness (QED) is 0.528. The van der Waals surface area contributed by atoms with E-state index in [2.05, 4.69) is 17.4 Å². The van der Waals surface area contributed by atoms with E-state index in [0.29, 0.717) is 28.0 Å². The van der Waals surface area contributed by atoms with Gasteiger partial charge in [-0.2, -0.15) is 0 Å². The lowest BCUT2D eigenvalue weighted by molar-refractivity contribution is 0.246. The van der Waals surface area contributed by atoms with Gasteiger partial charge >= 0.3 is 6.03 Å². The van der Waals surface area contributed by atoms with Crippen molar-refractivity contribution in [1.29, 1.82) is 0 Å². The monoisotopic (exact) mass is 415 g/mol. The normalized spacial score (nSPS) is 13.3. The second kappa shape index (κ2) is 7.80. The third-order valence-electron chi connectivity index (χ3n) is 4.17. The number of halogens is 2. The molecular formula is C20H15Cl2N3OS. The summed E-state index contributed by atoms with van der Waals surface area (Å²) < 4.78 is 0. The van der Waals surface area contributed by atoms with Crippen LogP contribution in [0.5, 0.6) is 0 Å². The van der Waals surface area contributed by atoms with Gasteiger partial charge in [-0.15, -0.1) is 11.8 Å². The minimum absolute atomic E-state index is 0.274. The number of anilines is 2. The number of carbonyl (C=O) groups excluding carboxylic acids is 1. The highest BCUT2D eigenvalue weighted by molar-refractivity contribution is 7.98. The van der Waals surface area contributed by atoms with Crippen LogP contribution < -0.4 is 10.2 Å². The van der Waals surface area contributed by atoms with Gasteiger partial charge in [0.2, 0.25) is 0 Å². The zero-order chi connectivity index (χ0) is 18.8. The molecule has 2 aromatic carbocycles. The van der Waals surface area contributed by atoms with Crippen molar-refractivity contribution >= 4 is 52.4 Å². The van der Waals surface area contributed by atoms with Crippen LogP contribution in [0.4, 0.5) is 16.2 Å². The van der Waals surface area contributed by atoms with Crippen LogP contribution in [-0.2, 0) is 12.3 Å². The summed E-state index contributed by atoms with van der Waals surface area (Å²) in [5, 5.41) is 4.56. The summed E-state index contributed by atoms with van der Waals surface area (Å²) in [6, 6.07) is 18.9. The van der Waals surface area contributed by atoms with Crippen molar-refractivity contribution in [2.24, 2.45) is 0 Å². The van der Waals surface area contributed by atoms with Crippen LogP contribution in [0.3, 0.4) is 0 Å². The molecule has 0 fully saturated rings. The lowest BCUT2D eigenvalue weighted by Gasteiger charge is -2.30. The van der Waals surface area contributed by atoms with Gasteiger partial charge in [-0.25, -0.2) is 9.78 Å². The number of pyridine rings is 1. The molecule has 1 aliphatic heterocycles. The Balaban J connectivity index is 1.65. The van der Waals surface area contributed by atoms with Gasteiger partial charge in [0, 0.05) is 5.75 Å². The third-order valence-corrected chi connectivity index (χ3v) is 5.78. The SMILES string of the molecule is O=C1NCc2nc(SCc3ccccc3)ccc2N1c1c(Cl)cccc1Cl. The maximum absolute atomic E-state index is 12.5. The van der Waals surface area contributed by atoms with Crippen molar-refractivity contribution in [2.75, 3.05) is 4.90 Å². The van der Waals surface area contributed by atoms with Gasteiger partial charge in [0.05, 0.1) is 38.7 Å². The number of hydrogen-bond donors (Lipinski definition) is 1. The molecular weight excluding hydrogens is 401 g/mol. The molecule has 1 N–H and O–H groups in total. The molecule has 136 valence electrons. The first-order valence-corrected chi connectivity index (χ1v) is 10.1. The van der Waals surface area contributed by atoms with Crippen molar-refractivity contribution in [3.8, 4) is 0 Å². The number of fused-ring (bicyclic) bond motifs is 1. The Kier molecular flexibility index (Phi) is 5.25. The first kappa shape index (κ1) is 18.2. The zero-order valence-electron chi connectivity index (χ0n) is 14.2. The fourth-order valence-corrected chi connectivity index (χ4v) is 4.30. The summed E-state index contributed by atoms with van der Waals surface area (Å²) in [7, 11) is 0. The molecule has 3 aromatic rings. The standard InChI is InChI=1S/C20H15Cl2N3OS/c21-14-7-4-8-15(22)19(14)25-17-9-10-18(24-16(17)11-23-20(25)26)27-12-13-5-2-1-3-6-13/h1-10H,11-12H2,(H,23,26). The molecule has 0 bridgehead atoms. The summed E-state index contributed by atoms with van der Waals surface area (Å²) in [6.45, 7) is 0.368. The largest absolute Gasteiger partial charge is 0.332 e. The molecule has 0 aliphatic carbocycles. The zero-order valence-corrected chi connectivity index (χ0v) is 16.5. The molecule has 4 rings (SSSR count). The van der Waals surface area contributed by atoms with Gasteiger partial charge < -0.3 is 5.32 Å². The summed E-state index contributed by atoms with van der Waals surface area (Å²) in [4.78, 5) is 18.7. The molecule has 7 heteroatoms. The van der Waals surface area contributed by atoms with E-state index in [9.17, 15) is 4.79 Å². The van der Waals surface area contributed by atoms with Gasteiger partial charge in [0.25, 0.3) is 0 Å². The molecule has 0 saturated heterocycles. The Morgan fingerprint density at radius 3 is 2.48 bits per heavy atom. The van der Waals surface area contributed by atoms with Crippen LogP contribution in [-0.4, -0.2) is 11.0 Å². The number of rotatable bonds is 4. The molecule has 1 aromatic heterocycles. The smallest absolute Gasteiger partial charge is 0.326 e. The van der Waals surface area contributed by atoms with Crippen molar-refractivity contribution in [1.82, 2.24) is 10.3 Å². The number of aromatic nitrogens is 1. The summed E-state index contributed by atoms with van der Waals surface area (Å²) >= 11 is 14.3. The van der Waals surface area contributed by atoms with Gasteiger partial charge in [0.15, 0.2) is 0 Å². The van der Waals surface area contributed by atoms with Crippen LogP contribution in [0, 0.1) is 0 Å². The molecule has 2 heterocycles. The number of thioether (sulfide) groups is 1. The third kappa shape index (κ3) is 3.76. The first-order valence-electron chi connectivity index (χ1n) is 8.32. The first-order chi connectivity index (χ1) is 13.1. The number of amides is 2. The Bertz CT molecular complexity index is 978. The van der Waals surface area contributed by atoms with Gasteiger partial charge in [-0.1, -0.05) is 59.6 Å². The predicted octanol–water partition coefficient (Wildman–Crippen LogP) is 6.04. The number of carbonyl (C=O) groups is 1. The fraction of sp³-hybridized carbons (Fsp3) is 0.100. The highest BCUT2D eigenvalue weighted by atomic mass is 35.5. The van der Waals surface area contributed by atoms with Crippen molar-refractivity contribution in [3.05, 3.63) is 82.0 Å². The van der Waals surface area contributed by atoms with E-state index in [4.69, 9.17) is 28.2 Å². The minimum Gasteiger partial charge on any atom is -0.332 e. The number of nitrogens with one attached hydrogen (secondary N) is 1.